The lowest BCUT2D eigenvalue weighted by Gasteiger charge is -2.16. The monoisotopic (exact) mass is 379 g/mol. The molecular formula is C17H13ClF3N5. The number of nitrogens with zero attached hydrogens (tertiary/aromatic N) is 3. The zero-order valence-electron chi connectivity index (χ0n) is 13.5. The van der Waals surface area contributed by atoms with Gasteiger partial charge in [-0.1, -0.05) is 23.7 Å². The molecule has 0 aliphatic heterocycles. The van der Waals surface area contributed by atoms with Gasteiger partial charge in [0.1, 0.15) is 5.82 Å². The molecule has 134 valence electrons. The molecule has 1 aromatic carbocycles. The lowest BCUT2D eigenvalue weighted by molar-refractivity contribution is -0.137. The Hall–Kier alpha value is -2.87. The van der Waals surface area contributed by atoms with Crippen molar-refractivity contribution < 1.29 is 13.2 Å². The lowest BCUT2D eigenvalue weighted by atomic mass is 9.97. The summed E-state index contributed by atoms with van der Waals surface area (Å²) in [6, 6.07) is 6.88. The van der Waals surface area contributed by atoms with Crippen LogP contribution >= 0.6 is 11.6 Å². The van der Waals surface area contributed by atoms with Gasteiger partial charge in [-0.15, -0.1) is 0 Å². The zero-order valence-corrected chi connectivity index (χ0v) is 14.2. The molecule has 0 spiro atoms. The molecule has 26 heavy (non-hydrogen) atoms. The molecule has 0 saturated carbocycles. The Kier molecular flexibility index (Phi) is 4.45. The molecule has 0 radical (unpaired) electrons. The molecule has 0 atom stereocenters. The van der Waals surface area contributed by atoms with Gasteiger partial charge < -0.3 is 11.5 Å². The number of hydrogen-bond donors (Lipinski definition) is 2. The second kappa shape index (κ2) is 6.45. The largest absolute Gasteiger partial charge is 0.417 e. The molecule has 4 N–H and O–H groups in total. The van der Waals surface area contributed by atoms with E-state index in [1.54, 1.807) is 19.1 Å². The molecule has 0 aliphatic carbocycles. The maximum atomic E-state index is 13.2. The first-order valence-electron chi connectivity index (χ1n) is 7.40. The van der Waals surface area contributed by atoms with E-state index in [1.807, 2.05) is 0 Å². The molecule has 0 amide bonds. The highest BCUT2D eigenvalue weighted by atomic mass is 35.5. The van der Waals surface area contributed by atoms with E-state index in [4.69, 9.17) is 23.1 Å². The van der Waals surface area contributed by atoms with E-state index in [-0.39, 0.29) is 17.2 Å². The third-order valence-corrected chi connectivity index (χ3v) is 4.15. The highest BCUT2D eigenvalue weighted by Gasteiger charge is 2.34. The van der Waals surface area contributed by atoms with Crippen molar-refractivity contribution in [2.24, 2.45) is 0 Å². The minimum Gasteiger partial charge on any atom is -0.384 e. The summed E-state index contributed by atoms with van der Waals surface area (Å²) in [5.74, 6) is 0.236. The summed E-state index contributed by atoms with van der Waals surface area (Å²) < 4.78 is 39.6. The fourth-order valence-electron chi connectivity index (χ4n) is 2.62. The van der Waals surface area contributed by atoms with E-state index in [1.165, 1.54) is 18.3 Å². The molecule has 2 heterocycles. The standard InChI is InChI=1S/C17H13ClF3N5/c1-8-13(9-5-6-12(22)24-7-9)15(26-16(23)25-8)10-3-2-4-11(14(10)18)17(19,20)21/h2-7H,1H3,(H2,22,24)(H2,23,25,26). The number of anilines is 2. The number of rotatable bonds is 2. The Morgan fingerprint density at radius 1 is 1.04 bits per heavy atom. The third-order valence-electron chi connectivity index (χ3n) is 3.74. The number of nitrogen functional groups attached to an aromatic ring is 2. The number of aryl methyl sites for hydroxylation is 1. The number of pyridine rings is 1. The average Bonchev–Trinajstić information content (AvgIpc) is 2.54. The van der Waals surface area contributed by atoms with E-state index < -0.39 is 16.8 Å². The Labute approximate surface area is 151 Å². The van der Waals surface area contributed by atoms with Gasteiger partial charge in [-0.3, -0.25) is 0 Å². The number of halogens is 4. The summed E-state index contributed by atoms with van der Waals surface area (Å²) in [7, 11) is 0. The van der Waals surface area contributed by atoms with Gasteiger partial charge in [-0.2, -0.15) is 13.2 Å². The van der Waals surface area contributed by atoms with Crippen LogP contribution in [0.1, 0.15) is 11.3 Å². The fourth-order valence-corrected chi connectivity index (χ4v) is 2.94. The molecule has 0 bridgehead atoms. The predicted octanol–water partition coefficient (Wildman–Crippen LogP) is 4.35. The third kappa shape index (κ3) is 3.28. The second-order valence-corrected chi connectivity index (χ2v) is 5.91. The van der Waals surface area contributed by atoms with Crippen molar-refractivity contribution in [3.8, 4) is 22.4 Å². The number of aromatic nitrogens is 3. The molecule has 2 aromatic heterocycles. The van der Waals surface area contributed by atoms with Crippen LogP contribution in [0.5, 0.6) is 0 Å². The number of nitrogens with two attached hydrogens (primary N) is 2. The topological polar surface area (TPSA) is 90.7 Å². The van der Waals surface area contributed by atoms with Crippen LogP contribution in [-0.4, -0.2) is 15.0 Å². The maximum absolute atomic E-state index is 13.2. The van der Waals surface area contributed by atoms with Gasteiger partial charge in [-0.25, -0.2) is 15.0 Å². The predicted molar refractivity (Wildman–Crippen MR) is 94.3 cm³/mol. The SMILES string of the molecule is Cc1nc(N)nc(-c2cccc(C(F)(F)F)c2Cl)c1-c1ccc(N)nc1. The minimum absolute atomic E-state index is 0.0712. The van der Waals surface area contributed by atoms with E-state index in [2.05, 4.69) is 15.0 Å². The summed E-state index contributed by atoms with van der Waals surface area (Å²) in [4.78, 5) is 12.3. The van der Waals surface area contributed by atoms with Crippen LogP contribution in [0.25, 0.3) is 22.4 Å². The summed E-state index contributed by atoms with van der Waals surface area (Å²) in [5, 5.41) is -0.456. The van der Waals surface area contributed by atoms with Gasteiger partial charge >= 0.3 is 6.18 Å². The number of benzene rings is 1. The smallest absolute Gasteiger partial charge is 0.384 e. The maximum Gasteiger partial charge on any atom is 0.417 e. The first-order chi connectivity index (χ1) is 12.2. The fraction of sp³-hybridized carbons (Fsp3) is 0.118. The Balaban J connectivity index is 2.31. The summed E-state index contributed by atoms with van der Waals surface area (Å²) in [6.07, 6.45) is -3.11. The van der Waals surface area contributed by atoms with Crippen molar-refractivity contribution in [1.29, 1.82) is 0 Å². The normalized spacial score (nSPS) is 11.6. The van der Waals surface area contributed by atoms with Crippen molar-refractivity contribution in [3.63, 3.8) is 0 Å². The van der Waals surface area contributed by atoms with Crippen molar-refractivity contribution in [2.45, 2.75) is 13.1 Å². The van der Waals surface area contributed by atoms with Gasteiger partial charge in [0.2, 0.25) is 5.95 Å². The number of alkyl halides is 3. The van der Waals surface area contributed by atoms with E-state index in [9.17, 15) is 13.2 Å². The van der Waals surface area contributed by atoms with Crippen LogP contribution in [0, 0.1) is 6.92 Å². The minimum atomic E-state index is -4.59. The van der Waals surface area contributed by atoms with E-state index in [0.717, 1.165) is 6.07 Å². The summed E-state index contributed by atoms with van der Waals surface area (Å²) >= 11 is 6.06. The quantitative estimate of drug-likeness (QED) is 0.690. The molecule has 3 aromatic rings. The zero-order chi connectivity index (χ0) is 19.1. The highest BCUT2D eigenvalue weighted by Crippen LogP contribution is 2.42. The molecule has 3 rings (SSSR count). The van der Waals surface area contributed by atoms with Gasteiger partial charge in [-0.05, 0) is 25.1 Å². The van der Waals surface area contributed by atoms with Gasteiger partial charge in [0, 0.05) is 22.9 Å². The summed E-state index contributed by atoms with van der Waals surface area (Å²) in [5.41, 5.74) is 12.2. The molecular weight excluding hydrogens is 367 g/mol. The highest BCUT2D eigenvalue weighted by molar-refractivity contribution is 6.34. The molecule has 0 aliphatic rings. The van der Waals surface area contributed by atoms with Gasteiger partial charge in [0.15, 0.2) is 0 Å². The van der Waals surface area contributed by atoms with Crippen LogP contribution < -0.4 is 11.5 Å². The first-order valence-corrected chi connectivity index (χ1v) is 7.78. The van der Waals surface area contributed by atoms with Crippen molar-refractivity contribution >= 4 is 23.4 Å². The number of hydrogen-bond acceptors (Lipinski definition) is 5. The van der Waals surface area contributed by atoms with Crippen LogP contribution in [0.15, 0.2) is 36.5 Å². The Morgan fingerprint density at radius 2 is 1.77 bits per heavy atom. The summed E-state index contributed by atoms with van der Waals surface area (Å²) in [6.45, 7) is 1.68. The molecule has 5 nitrogen and oxygen atoms in total. The molecule has 0 fully saturated rings. The molecule has 0 unspecified atom stereocenters. The van der Waals surface area contributed by atoms with E-state index >= 15 is 0 Å². The van der Waals surface area contributed by atoms with Crippen LogP contribution in [0.2, 0.25) is 5.02 Å². The van der Waals surface area contributed by atoms with Crippen molar-refractivity contribution in [2.75, 3.05) is 11.5 Å². The molecule has 9 heteroatoms. The molecule has 0 saturated heterocycles. The van der Waals surface area contributed by atoms with E-state index in [0.29, 0.717) is 22.6 Å². The second-order valence-electron chi connectivity index (χ2n) is 5.53. The van der Waals surface area contributed by atoms with Crippen molar-refractivity contribution in [1.82, 2.24) is 15.0 Å². The Bertz CT molecular complexity index is 971. The Morgan fingerprint density at radius 3 is 2.38 bits per heavy atom. The van der Waals surface area contributed by atoms with Crippen molar-refractivity contribution in [3.05, 3.63) is 52.8 Å². The average molecular weight is 380 g/mol. The van der Waals surface area contributed by atoms with Crippen LogP contribution in [-0.2, 0) is 6.18 Å². The first kappa shape index (κ1) is 17.9. The lowest BCUT2D eigenvalue weighted by Crippen LogP contribution is -2.08. The van der Waals surface area contributed by atoms with Crippen LogP contribution in [0.3, 0.4) is 0 Å². The van der Waals surface area contributed by atoms with Crippen LogP contribution in [0.4, 0.5) is 24.9 Å². The van der Waals surface area contributed by atoms with Gasteiger partial charge in [0.25, 0.3) is 0 Å². The van der Waals surface area contributed by atoms with Gasteiger partial charge in [0.05, 0.1) is 22.0 Å².